The largest absolute Gasteiger partial charge is 0.506 e. The second-order valence-electron chi connectivity index (χ2n) is 5.31. The Bertz CT molecular complexity index is 789. The van der Waals surface area contributed by atoms with Gasteiger partial charge in [-0.25, -0.2) is 13.2 Å². The van der Waals surface area contributed by atoms with Gasteiger partial charge >= 0.3 is 5.69 Å². The summed E-state index contributed by atoms with van der Waals surface area (Å²) in [5.74, 6) is 0.570. The van der Waals surface area contributed by atoms with Crippen LogP contribution in [0.1, 0.15) is 12.8 Å². The van der Waals surface area contributed by atoms with E-state index in [4.69, 9.17) is 0 Å². The first-order valence-electron chi connectivity index (χ1n) is 6.57. The molecule has 2 aromatic rings. The van der Waals surface area contributed by atoms with Gasteiger partial charge in [0.25, 0.3) is 0 Å². The standard InChI is InChI=1S/C13H16N2O4S/c16-11-3-1-2-10-12(11)15(13(17)14-10)8-9-4-6-20(18,19)7-5-9/h1-3,9,16H,4-8H2,(H,14,17). The van der Waals surface area contributed by atoms with Crippen molar-refractivity contribution in [3.05, 3.63) is 28.7 Å². The Morgan fingerprint density at radius 1 is 1.30 bits per heavy atom. The Morgan fingerprint density at radius 3 is 2.70 bits per heavy atom. The minimum absolute atomic E-state index is 0.0595. The molecular weight excluding hydrogens is 280 g/mol. The van der Waals surface area contributed by atoms with Gasteiger partial charge in [-0.3, -0.25) is 4.57 Å². The third-order valence-electron chi connectivity index (χ3n) is 3.89. The first-order valence-corrected chi connectivity index (χ1v) is 8.39. The van der Waals surface area contributed by atoms with E-state index in [0.29, 0.717) is 30.4 Å². The molecular formula is C13H16N2O4S. The minimum atomic E-state index is -2.90. The zero-order valence-corrected chi connectivity index (χ0v) is 11.7. The summed E-state index contributed by atoms with van der Waals surface area (Å²) in [6, 6.07) is 4.95. The van der Waals surface area contributed by atoms with Gasteiger partial charge in [0.2, 0.25) is 0 Å². The van der Waals surface area contributed by atoms with Crippen LogP contribution in [0.4, 0.5) is 0 Å². The van der Waals surface area contributed by atoms with E-state index in [1.54, 1.807) is 12.1 Å². The Hall–Kier alpha value is -1.76. The van der Waals surface area contributed by atoms with Crippen LogP contribution < -0.4 is 5.69 Å². The van der Waals surface area contributed by atoms with Gasteiger partial charge in [0, 0.05) is 6.54 Å². The predicted molar refractivity (Wildman–Crippen MR) is 75.6 cm³/mol. The third-order valence-corrected chi connectivity index (χ3v) is 5.60. The van der Waals surface area contributed by atoms with Crippen molar-refractivity contribution in [1.29, 1.82) is 0 Å². The maximum absolute atomic E-state index is 12.0. The molecule has 1 aliphatic heterocycles. The first kappa shape index (κ1) is 13.2. The molecule has 2 N–H and O–H groups in total. The Kier molecular flexibility index (Phi) is 3.08. The van der Waals surface area contributed by atoms with Gasteiger partial charge in [-0.15, -0.1) is 0 Å². The van der Waals surface area contributed by atoms with E-state index in [1.165, 1.54) is 10.6 Å². The van der Waals surface area contributed by atoms with Crippen LogP contribution in [-0.4, -0.2) is 34.6 Å². The second-order valence-corrected chi connectivity index (χ2v) is 7.61. The molecule has 0 aliphatic carbocycles. The number of aromatic nitrogens is 2. The third kappa shape index (κ3) is 2.33. The van der Waals surface area contributed by atoms with Crippen molar-refractivity contribution in [3.8, 4) is 5.75 Å². The molecule has 0 saturated carbocycles. The lowest BCUT2D eigenvalue weighted by Crippen LogP contribution is -2.29. The van der Waals surface area contributed by atoms with Crippen LogP contribution >= 0.6 is 0 Å². The van der Waals surface area contributed by atoms with Crippen molar-refractivity contribution in [2.24, 2.45) is 5.92 Å². The molecule has 1 aliphatic rings. The van der Waals surface area contributed by atoms with Crippen molar-refractivity contribution in [3.63, 3.8) is 0 Å². The lowest BCUT2D eigenvalue weighted by atomic mass is 10.0. The molecule has 0 atom stereocenters. The van der Waals surface area contributed by atoms with Gasteiger partial charge in [0.05, 0.1) is 17.0 Å². The maximum atomic E-state index is 12.0. The molecule has 1 saturated heterocycles. The molecule has 3 rings (SSSR count). The van der Waals surface area contributed by atoms with E-state index in [9.17, 15) is 18.3 Å². The number of phenols is 1. The van der Waals surface area contributed by atoms with Gasteiger partial charge in [0.1, 0.15) is 21.1 Å². The van der Waals surface area contributed by atoms with E-state index >= 15 is 0 Å². The average molecular weight is 296 g/mol. The summed E-state index contributed by atoms with van der Waals surface area (Å²) < 4.78 is 24.3. The number of para-hydroxylation sites is 1. The molecule has 0 radical (unpaired) electrons. The number of imidazole rings is 1. The summed E-state index contributed by atoms with van der Waals surface area (Å²) in [6.07, 6.45) is 1.13. The molecule has 2 heterocycles. The minimum Gasteiger partial charge on any atom is -0.506 e. The highest BCUT2D eigenvalue weighted by molar-refractivity contribution is 7.91. The van der Waals surface area contributed by atoms with Crippen LogP contribution in [0.5, 0.6) is 5.75 Å². The van der Waals surface area contributed by atoms with Gasteiger partial charge in [0.15, 0.2) is 0 Å². The highest BCUT2D eigenvalue weighted by Gasteiger charge is 2.25. The van der Waals surface area contributed by atoms with E-state index in [0.717, 1.165) is 0 Å². The van der Waals surface area contributed by atoms with Crippen molar-refractivity contribution in [2.45, 2.75) is 19.4 Å². The number of H-pyrrole nitrogens is 1. The lowest BCUT2D eigenvalue weighted by Gasteiger charge is -2.22. The molecule has 20 heavy (non-hydrogen) atoms. The molecule has 0 spiro atoms. The zero-order chi connectivity index (χ0) is 14.3. The monoisotopic (exact) mass is 296 g/mol. The van der Waals surface area contributed by atoms with Gasteiger partial charge in [-0.1, -0.05) is 6.07 Å². The SMILES string of the molecule is O=c1[nH]c2cccc(O)c2n1CC1CCS(=O)(=O)CC1. The molecule has 0 bridgehead atoms. The second kappa shape index (κ2) is 4.66. The summed E-state index contributed by atoms with van der Waals surface area (Å²) in [5, 5.41) is 9.90. The Labute approximate surface area is 116 Å². The van der Waals surface area contributed by atoms with Crippen LogP contribution in [0.2, 0.25) is 0 Å². The highest BCUT2D eigenvalue weighted by atomic mass is 32.2. The smallest absolute Gasteiger partial charge is 0.326 e. The van der Waals surface area contributed by atoms with Crippen molar-refractivity contribution in [2.75, 3.05) is 11.5 Å². The molecule has 6 nitrogen and oxygen atoms in total. The van der Waals surface area contributed by atoms with Crippen LogP contribution in [0.3, 0.4) is 0 Å². The lowest BCUT2D eigenvalue weighted by molar-refractivity contribution is 0.400. The number of phenolic OH excluding ortho intramolecular Hbond substituents is 1. The Morgan fingerprint density at radius 2 is 2.00 bits per heavy atom. The fourth-order valence-electron chi connectivity index (χ4n) is 2.75. The predicted octanol–water partition coefficient (Wildman–Crippen LogP) is 0.860. The molecule has 0 unspecified atom stereocenters. The van der Waals surface area contributed by atoms with E-state index in [-0.39, 0.29) is 28.9 Å². The summed E-state index contributed by atoms with van der Waals surface area (Å²) in [6.45, 7) is 0.436. The molecule has 7 heteroatoms. The maximum Gasteiger partial charge on any atom is 0.326 e. The normalized spacial score (nSPS) is 19.4. The number of aromatic amines is 1. The van der Waals surface area contributed by atoms with Crippen molar-refractivity contribution >= 4 is 20.9 Å². The Balaban J connectivity index is 1.92. The molecule has 1 aromatic carbocycles. The summed E-state index contributed by atoms with van der Waals surface area (Å²) in [5.41, 5.74) is 0.819. The van der Waals surface area contributed by atoms with Gasteiger partial charge in [-0.2, -0.15) is 0 Å². The number of sulfone groups is 1. The van der Waals surface area contributed by atoms with Crippen LogP contribution in [0.15, 0.2) is 23.0 Å². The number of fused-ring (bicyclic) bond motifs is 1. The first-order chi connectivity index (χ1) is 9.46. The summed E-state index contributed by atoms with van der Waals surface area (Å²) >= 11 is 0. The quantitative estimate of drug-likeness (QED) is 0.859. The summed E-state index contributed by atoms with van der Waals surface area (Å²) in [7, 11) is -2.90. The number of benzene rings is 1. The van der Waals surface area contributed by atoms with Crippen molar-refractivity contribution in [1.82, 2.24) is 9.55 Å². The fourth-order valence-corrected chi connectivity index (χ4v) is 4.34. The van der Waals surface area contributed by atoms with Crippen LogP contribution in [0, 0.1) is 5.92 Å². The topological polar surface area (TPSA) is 92.2 Å². The molecule has 108 valence electrons. The molecule has 0 amide bonds. The molecule has 1 fully saturated rings. The van der Waals surface area contributed by atoms with Gasteiger partial charge in [-0.05, 0) is 30.9 Å². The summed E-state index contributed by atoms with van der Waals surface area (Å²) in [4.78, 5) is 14.7. The van der Waals surface area contributed by atoms with E-state index in [1.807, 2.05) is 0 Å². The number of aromatic hydroxyl groups is 1. The van der Waals surface area contributed by atoms with E-state index in [2.05, 4.69) is 4.98 Å². The molecule has 1 aromatic heterocycles. The number of hydrogen-bond donors (Lipinski definition) is 2. The number of nitrogens with one attached hydrogen (secondary N) is 1. The van der Waals surface area contributed by atoms with Gasteiger partial charge < -0.3 is 10.1 Å². The van der Waals surface area contributed by atoms with Crippen molar-refractivity contribution < 1.29 is 13.5 Å². The number of rotatable bonds is 2. The van der Waals surface area contributed by atoms with E-state index < -0.39 is 9.84 Å². The van der Waals surface area contributed by atoms with Crippen LogP contribution in [-0.2, 0) is 16.4 Å². The zero-order valence-electron chi connectivity index (χ0n) is 10.9. The fraction of sp³-hybridized carbons (Fsp3) is 0.462. The average Bonchev–Trinajstić information content (AvgIpc) is 2.70. The number of hydrogen-bond acceptors (Lipinski definition) is 4. The number of nitrogens with zero attached hydrogens (tertiary/aromatic N) is 1. The van der Waals surface area contributed by atoms with Crippen LogP contribution in [0.25, 0.3) is 11.0 Å². The highest BCUT2D eigenvalue weighted by Crippen LogP contribution is 2.25.